The first-order chi connectivity index (χ1) is 12.1. The highest BCUT2D eigenvalue weighted by Crippen LogP contribution is 2.37. The summed E-state index contributed by atoms with van der Waals surface area (Å²) >= 11 is 6.05. The molecule has 2 bridgehead atoms. The maximum Gasteiger partial charge on any atom is 0.247 e. The van der Waals surface area contributed by atoms with E-state index in [4.69, 9.17) is 11.6 Å². The fourth-order valence-corrected chi connectivity index (χ4v) is 4.15. The number of aromatic amines is 1. The molecule has 2 aliphatic rings. The smallest absolute Gasteiger partial charge is 0.247 e. The topological polar surface area (TPSA) is 84.8 Å². The molecule has 2 aromatic rings. The Kier molecular flexibility index (Phi) is 3.89. The van der Waals surface area contributed by atoms with Crippen molar-refractivity contribution in [3.63, 3.8) is 0 Å². The number of hydrogen-bond donors (Lipinski definition) is 2. The number of benzene rings is 1. The van der Waals surface area contributed by atoms with Crippen molar-refractivity contribution in [2.24, 2.45) is 0 Å². The molecule has 0 radical (unpaired) electrons. The minimum atomic E-state index is -0.111. The molecule has 25 heavy (non-hydrogen) atoms. The van der Waals surface area contributed by atoms with Gasteiger partial charge in [0.25, 0.3) is 0 Å². The van der Waals surface area contributed by atoms with Crippen LogP contribution in [0.3, 0.4) is 0 Å². The Bertz CT molecular complexity index is 912. The Balaban J connectivity index is 1.51. The molecule has 2 aliphatic heterocycles. The average Bonchev–Trinajstić information content (AvgIpc) is 3.27. The summed E-state index contributed by atoms with van der Waals surface area (Å²) in [6.07, 6.45) is 6.91. The van der Waals surface area contributed by atoms with Crippen LogP contribution in [0.5, 0.6) is 0 Å². The molecule has 3 heterocycles. The third-order valence-electron chi connectivity index (χ3n) is 5.23. The Hall–Kier alpha value is -2.52. The monoisotopic (exact) mass is 355 g/mol. The fourth-order valence-electron chi connectivity index (χ4n) is 3.98. The number of hydrogen-bond acceptors (Lipinski definition) is 4. The van der Waals surface area contributed by atoms with Crippen LogP contribution in [0.15, 0.2) is 23.8 Å². The summed E-state index contributed by atoms with van der Waals surface area (Å²) in [7, 11) is 0. The van der Waals surface area contributed by atoms with Crippen molar-refractivity contribution in [2.45, 2.75) is 44.3 Å². The Morgan fingerprint density at radius 3 is 3.12 bits per heavy atom. The number of nitrogens with zero attached hydrogens (tertiary/aromatic N) is 3. The first kappa shape index (κ1) is 16.0. The van der Waals surface area contributed by atoms with Crippen LogP contribution in [0.4, 0.5) is 0 Å². The van der Waals surface area contributed by atoms with Crippen LogP contribution in [-0.2, 0) is 4.79 Å². The fraction of sp³-hybridized carbons (Fsp3) is 0.389. The SMILES string of the molecule is C/C(=C\c1[nH]nc2ccc(Cl)cc12)C(=O)N[C@@H]1C[C@@H]2CC[C@H]1N2C#N. The van der Waals surface area contributed by atoms with E-state index in [-0.39, 0.29) is 24.0 Å². The molecule has 1 amide bonds. The summed E-state index contributed by atoms with van der Waals surface area (Å²) in [6, 6.07) is 5.92. The van der Waals surface area contributed by atoms with Crippen LogP contribution in [-0.4, -0.2) is 39.1 Å². The van der Waals surface area contributed by atoms with E-state index in [1.807, 2.05) is 17.0 Å². The molecule has 1 aromatic heterocycles. The van der Waals surface area contributed by atoms with Gasteiger partial charge in [0.2, 0.25) is 5.91 Å². The lowest BCUT2D eigenvalue weighted by atomic mass is 9.95. The number of aromatic nitrogens is 2. The van der Waals surface area contributed by atoms with Crippen molar-refractivity contribution in [1.82, 2.24) is 20.4 Å². The molecule has 128 valence electrons. The van der Waals surface area contributed by atoms with Gasteiger partial charge >= 0.3 is 0 Å². The third kappa shape index (κ3) is 2.75. The van der Waals surface area contributed by atoms with E-state index in [9.17, 15) is 10.1 Å². The first-order valence-electron chi connectivity index (χ1n) is 8.37. The number of nitriles is 1. The summed E-state index contributed by atoms with van der Waals surface area (Å²) in [4.78, 5) is 14.4. The highest BCUT2D eigenvalue weighted by Gasteiger charge is 2.46. The second kappa shape index (κ2) is 6.08. The molecule has 2 N–H and O–H groups in total. The van der Waals surface area contributed by atoms with Gasteiger partial charge in [-0.15, -0.1) is 0 Å². The average molecular weight is 356 g/mol. The summed E-state index contributed by atoms with van der Waals surface area (Å²) in [5.41, 5.74) is 2.16. The van der Waals surface area contributed by atoms with Crippen molar-refractivity contribution in [3.8, 4) is 6.19 Å². The van der Waals surface area contributed by atoms with E-state index >= 15 is 0 Å². The van der Waals surface area contributed by atoms with Gasteiger partial charge in [0.15, 0.2) is 6.19 Å². The normalized spacial score (nSPS) is 25.4. The van der Waals surface area contributed by atoms with Gasteiger partial charge in [-0.25, -0.2) is 0 Å². The van der Waals surface area contributed by atoms with E-state index in [0.717, 1.165) is 35.9 Å². The summed E-state index contributed by atoms with van der Waals surface area (Å²) < 4.78 is 0. The van der Waals surface area contributed by atoms with Crippen molar-refractivity contribution in [2.75, 3.05) is 0 Å². The highest BCUT2D eigenvalue weighted by atomic mass is 35.5. The van der Waals surface area contributed by atoms with Gasteiger partial charge in [0.1, 0.15) is 0 Å². The third-order valence-corrected chi connectivity index (χ3v) is 5.47. The van der Waals surface area contributed by atoms with Crippen molar-refractivity contribution < 1.29 is 4.79 Å². The van der Waals surface area contributed by atoms with E-state index < -0.39 is 0 Å². The molecule has 0 saturated carbocycles. The van der Waals surface area contributed by atoms with Crippen LogP contribution >= 0.6 is 11.6 Å². The van der Waals surface area contributed by atoms with Crippen LogP contribution in [0, 0.1) is 11.5 Å². The lowest BCUT2D eigenvalue weighted by molar-refractivity contribution is -0.118. The van der Waals surface area contributed by atoms with Crippen molar-refractivity contribution in [3.05, 3.63) is 34.5 Å². The summed E-state index contributed by atoms with van der Waals surface area (Å²) in [5.74, 6) is -0.111. The number of H-pyrrole nitrogens is 1. The molecule has 0 unspecified atom stereocenters. The zero-order valence-corrected chi connectivity index (χ0v) is 14.5. The number of rotatable bonds is 3. The zero-order valence-electron chi connectivity index (χ0n) is 13.8. The largest absolute Gasteiger partial charge is 0.347 e. The minimum Gasteiger partial charge on any atom is -0.347 e. The molecule has 7 heteroatoms. The highest BCUT2D eigenvalue weighted by molar-refractivity contribution is 6.31. The van der Waals surface area contributed by atoms with Crippen molar-refractivity contribution in [1.29, 1.82) is 5.26 Å². The van der Waals surface area contributed by atoms with E-state index in [1.165, 1.54) is 0 Å². The Morgan fingerprint density at radius 1 is 1.52 bits per heavy atom. The predicted molar refractivity (Wildman–Crippen MR) is 95.6 cm³/mol. The van der Waals surface area contributed by atoms with Gasteiger partial charge in [-0.3, -0.25) is 9.89 Å². The van der Waals surface area contributed by atoms with Gasteiger partial charge in [0, 0.05) is 22.0 Å². The van der Waals surface area contributed by atoms with Gasteiger partial charge in [-0.1, -0.05) is 11.6 Å². The van der Waals surface area contributed by atoms with Crippen molar-refractivity contribution >= 4 is 34.5 Å². The first-order valence-corrected chi connectivity index (χ1v) is 8.75. The quantitative estimate of drug-likeness (QED) is 0.655. The molecule has 0 aliphatic carbocycles. The van der Waals surface area contributed by atoms with Gasteiger partial charge in [0.05, 0.1) is 23.3 Å². The van der Waals surface area contributed by atoms with Crippen LogP contribution < -0.4 is 5.32 Å². The Morgan fingerprint density at radius 2 is 2.36 bits per heavy atom. The van der Waals surface area contributed by atoms with E-state index in [0.29, 0.717) is 10.6 Å². The van der Waals surface area contributed by atoms with E-state index in [1.54, 1.807) is 19.1 Å². The summed E-state index contributed by atoms with van der Waals surface area (Å²) in [5, 5.41) is 21.0. The summed E-state index contributed by atoms with van der Waals surface area (Å²) in [6.45, 7) is 1.78. The number of nitrogens with one attached hydrogen (secondary N) is 2. The maximum atomic E-state index is 12.6. The number of amides is 1. The minimum absolute atomic E-state index is 0.0437. The molecule has 2 saturated heterocycles. The molecule has 3 atom stereocenters. The second-order valence-electron chi connectivity index (χ2n) is 6.75. The number of carbonyl (C=O) groups excluding carboxylic acids is 1. The molecular formula is C18H18ClN5O. The van der Waals surface area contributed by atoms with Crippen LogP contribution in [0.25, 0.3) is 17.0 Å². The van der Waals surface area contributed by atoms with Gasteiger partial charge in [-0.05, 0) is 50.5 Å². The molecule has 6 nitrogen and oxygen atoms in total. The van der Waals surface area contributed by atoms with Gasteiger partial charge in [-0.2, -0.15) is 10.4 Å². The maximum absolute atomic E-state index is 12.6. The standard InChI is InChI=1S/C18H18ClN5O/c1-10(6-15-13-7-11(19)2-4-14(13)22-23-15)18(25)21-16-8-12-3-5-17(16)24(12)9-20/h2,4,6-7,12,16-17H,3,5,8H2,1H3,(H,21,25)(H,22,23)/b10-6+/t12-,16+,17+/m0/s1. The van der Waals surface area contributed by atoms with Gasteiger partial charge < -0.3 is 10.2 Å². The molecular weight excluding hydrogens is 338 g/mol. The molecule has 0 spiro atoms. The molecule has 4 rings (SSSR count). The molecule has 2 fully saturated rings. The molecule has 1 aromatic carbocycles. The van der Waals surface area contributed by atoms with Crippen LogP contribution in [0.1, 0.15) is 31.9 Å². The number of fused-ring (bicyclic) bond motifs is 3. The zero-order chi connectivity index (χ0) is 17.6. The number of carbonyl (C=O) groups is 1. The number of halogens is 1. The van der Waals surface area contributed by atoms with Crippen LogP contribution in [0.2, 0.25) is 5.02 Å². The van der Waals surface area contributed by atoms with E-state index in [2.05, 4.69) is 21.7 Å². The Labute approximate surface area is 150 Å². The lowest BCUT2D eigenvalue weighted by Crippen LogP contribution is -2.43. The predicted octanol–water partition coefficient (Wildman–Crippen LogP) is 2.82. The lowest BCUT2D eigenvalue weighted by Gasteiger charge is -2.22. The second-order valence-corrected chi connectivity index (χ2v) is 7.18.